The number of ether oxygens (including phenoxy) is 1. The van der Waals surface area contributed by atoms with Gasteiger partial charge in [-0.1, -0.05) is 6.92 Å². The summed E-state index contributed by atoms with van der Waals surface area (Å²) in [4.78, 5) is 12.3. The van der Waals surface area contributed by atoms with E-state index in [9.17, 15) is 4.79 Å². The molecule has 2 rings (SSSR count). The van der Waals surface area contributed by atoms with E-state index in [1.807, 2.05) is 6.92 Å². The second-order valence-electron chi connectivity index (χ2n) is 6.32. The van der Waals surface area contributed by atoms with Crippen LogP contribution in [-0.4, -0.2) is 37.7 Å². The number of nitrogens with one attached hydrogen (secondary N) is 2. The summed E-state index contributed by atoms with van der Waals surface area (Å²) >= 11 is 0. The molecule has 0 aromatic rings. The third-order valence-corrected chi connectivity index (χ3v) is 4.50. The summed E-state index contributed by atoms with van der Waals surface area (Å²) in [6.45, 7) is 7.63. The highest BCUT2D eigenvalue weighted by Crippen LogP contribution is 2.29. The molecule has 2 saturated heterocycles. The lowest BCUT2D eigenvalue weighted by atomic mass is 9.82. The molecule has 4 nitrogen and oxygen atoms in total. The summed E-state index contributed by atoms with van der Waals surface area (Å²) < 4.78 is 5.38. The average Bonchev–Trinajstić information content (AvgIpc) is 2.38. The first-order valence-electron chi connectivity index (χ1n) is 7.15. The summed E-state index contributed by atoms with van der Waals surface area (Å²) in [6.07, 6.45) is 5.34. The van der Waals surface area contributed by atoms with Crippen molar-refractivity contribution in [2.45, 2.75) is 51.5 Å². The second kappa shape index (κ2) is 5.57. The maximum Gasteiger partial charge on any atom is 0.240 e. The van der Waals surface area contributed by atoms with Crippen LogP contribution in [-0.2, 0) is 9.53 Å². The largest absolute Gasteiger partial charge is 0.381 e. The first-order chi connectivity index (χ1) is 8.54. The molecule has 0 aliphatic carbocycles. The number of hydrogen-bond donors (Lipinski definition) is 2. The molecule has 2 N–H and O–H groups in total. The molecule has 4 heteroatoms. The normalized spacial score (nSPS) is 31.9. The van der Waals surface area contributed by atoms with Gasteiger partial charge in [-0.25, -0.2) is 0 Å². The van der Waals surface area contributed by atoms with E-state index in [0.717, 1.165) is 52.0 Å². The number of amides is 1. The molecule has 0 spiro atoms. The van der Waals surface area contributed by atoms with Crippen molar-refractivity contribution in [1.82, 2.24) is 10.6 Å². The monoisotopic (exact) mass is 254 g/mol. The van der Waals surface area contributed by atoms with Gasteiger partial charge in [0.25, 0.3) is 0 Å². The summed E-state index contributed by atoms with van der Waals surface area (Å²) in [7, 11) is 0. The fraction of sp³-hybridized carbons (Fsp3) is 0.929. The van der Waals surface area contributed by atoms with Crippen molar-refractivity contribution in [3.63, 3.8) is 0 Å². The van der Waals surface area contributed by atoms with E-state index in [4.69, 9.17) is 4.74 Å². The van der Waals surface area contributed by atoms with Crippen molar-refractivity contribution < 1.29 is 9.53 Å². The Morgan fingerprint density at radius 2 is 1.94 bits per heavy atom. The van der Waals surface area contributed by atoms with Crippen molar-refractivity contribution in [2.24, 2.45) is 5.41 Å². The zero-order chi connectivity index (χ0) is 13.1. The molecule has 1 unspecified atom stereocenters. The minimum absolute atomic E-state index is 0.162. The van der Waals surface area contributed by atoms with Crippen LogP contribution in [0.3, 0.4) is 0 Å². The van der Waals surface area contributed by atoms with Gasteiger partial charge in [-0.05, 0) is 51.0 Å². The Bertz CT molecular complexity index is 292. The van der Waals surface area contributed by atoms with E-state index >= 15 is 0 Å². The minimum atomic E-state index is -0.361. The summed E-state index contributed by atoms with van der Waals surface area (Å²) in [5.74, 6) is 0.162. The summed E-state index contributed by atoms with van der Waals surface area (Å²) in [5.41, 5.74) is -0.154. The van der Waals surface area contributed by atoms with Gasteiger partial charge in [0.15, 0.2) is 0 Å². The predicted octanol–water partition coefficient (Wildman–Crippen LogP) is 1.45. The third kappa shape index (κ3) is 3.23. The molecule has 2 aliphatic rings. The first-order valence-corrected chi connectivity index (χ1v) is 7.15. The SMILES string of the molecule is CC1(CNC(=O)C2(C)CCCCN2)CCOCC1. The Labute approximate surface area is 110 Å². The van der Waals surface area contributed by atoms with E-state index in [-0.39, 0.29) is 16.9 Å². The highest BCUT2D eigenvalue weighted by atomic mass is 16.5. The molecule has 2 aliphatic heterocycles. The number of piperidine rings is 1. The zero-order valence-corrected chi connectivity index (χ0v) is 11.7. The average molecular weight is 254 g/mol. The van der Waals surface area contributed by atoms with Crippen LogP contribution >= 0.6 is 0 Å². The molecular weight excluding hydrogens is 228 g/mol. The lowest BCUT2D eigenvalue weighted by molar-refractivity contribution is -0.128. The number of rotatable bonds is 3. The Hall–Kier alpha value is -0.610. The number of carbonyl (C=O) groups is 1. The topological polar surface area (TPSA) is 50.4 Å². The highest BCUT2D eigenvalue weighted by molar-refractivity contribution is 5.86. The van der Waals surface area contributed by atoms with Gasteiger partial charge in [-0.2, -0.15) is 0 Å². The molecule has 0 aromatic carbocycles. The second-order valence-corrected chi connectivity index (χ2v) is 6.32. The molecule has 0 radical (unpaired) electrons. The van der Waals surface area contributed by atoms with E-state index in [1.54, 1.807) is 0 Å². The minimum Gasteiger partial charge on any atom is -0.381 e. The molecular formula is C14H26N2O2. The van der Waals surface area contributed by atoms with Gasteiger partial charge < -0.3 is 15.4 Å². The maximum atomic E-state index is 12.3. The summed E-state index contributed by atoms with van der Waals surface area (Å²) in [6, 6.07) is 0. The smallest absolute Gasteiger partial charge is 0.240 e. The van der Waals surface area contributed by atoms with Gasteiger partial charge in [0.2, 0.25) is 5.91 Å². The van der Waals surface area contributed by atoms with Crippen molar-refractivity contribution >= 4 is 5.91 Å². The van der Waals surface area contributed by atoms with Gasteiger partial charge in [0.05, 0.1) is 5.54 Å². The van der Waals surface area contributed by atoms with E-state index in [2.05, 4.69) is 17.6 Å². The molecule has 18 heavy (non-hydrogen) atoms. The number of carbonyl (C=O) groups excluding carboxylic acids is 1. The van der Waals surface area contributed by atoms with Crippen LogP contribution in [0.15, 0.2) is 0 Å². The van der Waals surface area contributed by atoms with Gasteiger partial charge in [0.1, 0.15) is 0 Å². The quantitative estimate of drug-likeness (QED) is 0.801. The molecule has 104 valence electrons. The lowest BCUT2D eigenvalue weighted by Crippen LogP contribution is -2.58. The van der Waals surface area contributed by atoms with E-state index < -0.39 is 0 Å². The van der Waals surface area contributed by atoms with Crippen LogP contribution < -0.4 is 10.6 Å². The van der Waals surface area contributed by atoms with Gasteiger partial charge >= 0.3 is 0 Å². The van der Waals surface area contributed by atoms with Crippen LogP contribution in [0.4, 0.5) is 0 Å². The Morgan fingerprint density at radius 1 is 1.22 bits per heavy atom. The van der Waals surface area contributed by atoms with Crippen LogP contribution in [0.5, 0.6) is 0 Å². The van der Waals surface area contributed by atoms with E-state index in [1.165, 1.54) is 6.42 Å². The Kier molecular flexibility index (Phi) is 4.28. The first kappa shape index (κ1) is 13.8. The van der Waals surface area contributed by atoms with Crippen LogP contribution in [0.2, 0.25) is 0 Å². The van der Waals surface area contributed by atoms with E-state index in [0.29, 0.717) is 0 Å². The molecule has 0 bridgehead atoms. The molecule has 0 saturated carbocycles. The molecule has 2 fully saturated rings. The fourth-order valence-electron chi connectivity index (χ4n) is 2.78. The Morgan fingerprint density at radius 3 is 2.56 bits per heavy atom. The van der Waals surface area contributed by atoms with Crippen molar-refractivity contribution in [3.05, 3.63) is 0 Å². The van der Waals surface area contributed by atoms with Gasteiger partial charge in [-0.3, -0.25) is 4.79 Å². The van der Waals surface area contributed by atoms with Crippen LogP contribution in [0.1, 0.15) is 46.0 Å². The predicted molar refractivity (Wildman–Crippen MR) is 71.4 cm³/mol. The molecule has 1 atom stereocenters. The molecule has 0 aromatic heterocycles. The number of hydrogen-bond acceptors (Lipinski definition) is 3. The van der Waals surface area contributed by atoms with Crippen molar-refractivity contribution in [1.29, 1.82) is 0 Å². The lowest BCUT2D eigenvalue weighted by Gasteiger charge is -2.37. The van der Waals surface area contributed by atoms with Gasteiger partial charge in [-0.15, -0.1) is 0 Å². The Balaban J connectivity index is 1.83. The standard InChI is InChI=1S/C14H26N2O2/c1-13(6-9-18-10-7-13)11-15-12(17)14(2)5-3-4-8-16-14/h16H,3-11H2,1-2H3,(H,15,17). The van der Waals surface area contributed by atoms with Gasteiger partial charge in [0, 0.05) is 19.8 Å². The van der Waals surface area contributed by atoms with Crippen LogP contribution in [0.25, 0.3) is 0 Å². The third-order valence-electron chi connectivity index (χ3n) is 4.50. The highest BCUT2D eigenvalue weighted by Gasteiger charge is 2.36. The maximum absolute atomic E-state index is 12.3. The molecule has 2 heterocycles. The molecule has 1 amide bonds. The fourth-order valence-corrected chi connectivity index (χ4v) is 2.78. The summed E-state index contributed by atoms with van der Waals surface area (Å²) in [5, 5.41) is 6.50. The van der Waals surface area contributed by atoms with Crippen molar-refractivity contribution in [3.8, 4) is 0 Å². The van der Waals surface area contributed by atoms with Crippen molar-refractivity contribution in [2.75, 3.05) is 26.3 Å². The zero-order valence-electron chi connectivity index (χ0n) is 11.7. The van der Waals surface area contributed by atoms with Crippen LogP contribution in [0, 0.1) is 5.41 Å².